The van der Waals surface area contributed by atoms with Crippen molar-refractivity contribution in [3.05, 3.63) is 28.7 Å². The second-order valence-electron chi connectivity index (χ2n) is 5.40. The number of amides is 1. The van der Waals surface area contributed by atoms with Crippen molar-refractivity contribution in [1.29, 1.82) is 0 Å². The third-order valence-electron chi connectivity index (χ3n) is 3.94. The first-order valence-corrected chi connectivity index (χ1v) is 7.62. The number of anilines is 1. The van der Waals surface area contributed by atoms with Crippen molar-refractivity contribution in [2.45, 2.75) is 51.7 Å². The van der Waals surface area contributed by atoms with Gasteiger partial charge in [-0.3, -0.25) is 9.69 Å². The Kier molecular flexibility index (Phi) is 4.63. The molecule has 0 saturated carbocycles. The summed E-state index contributed by atoms with van der Waals surface area (Å²) < 4.78 is 0.973. The predicted octanol–water partition coefficient (Wildman–Crippen LogP) is 3.65. The Morgan fingerprint density at radius 3 is 2.58 bits per heavy atom. The smallest absolute Gasteiger partial charge is 0.241 e. The molecule has 1 aliphatic heterocycles. The van der Waals surface area contributed by atoms with Gasteiger partial charge in [0, 0.05) is 22.2 Å². The first-order valence-electron chi connectivity index (χ1n) is 6.83. The minimum Gasteiger partial charge on any atom is -0.325 e. The first-order chi connectivity index (χ1) is 8.99. The van der Waals surface area contributed by atoms with Gasteiger partial charge in [0.15, 0.2) is 0 Å². The number of rotatable bonds is 3. The molecule has 3 atom stereocenters. The molecule has 3 nitrogen and oxygen atoms in total. The van der Waals surface area contributed by atoms with E-state index in [-0.39, 0.29) is 11.9 Å². The Bertz CT molecular complexity index is 453. The summed E-state index contributed by atoms with van der Waals surface area (Å²) in [5.74, 6) is 0.0682. The Balaban J connectivity index is 2.03. The zero-order chi connectivity index (χ0) is 14.0. The largest absolute Gasteiger partial charge is 0.325 e. The molecule has 1 amide bonds. The van der Waals surface area contributed by atoms with E-state index in [9.17, 15) is 4.79 Å². The van der Waals surface area contributed by atoms with Crippen LogP contribution in [0.25, 0.3) is 0 Å². The Morgan fingerprint density at radius 2 is 2.00 bits per heavy atom. The maximum absolute atomic E-state index is 12.3. The van der Waals surface area contributed by atoms with Gasteiger partial charge in [0.05, 0.1) is 6.04 Å². The second kappa shape index (κ2) is 6.06. The zero-order valence-corrected chi connectivity index (χ0v) is 13.3. The van der Waals surface area contributed by atoms with Crippen LogP contribution in [0.4, 0.5) is 5.69 Å². The van der Waals surface area contributed by atoms with Crippen LogP contribution in [0.5, 0.6) is 0 Å². The summed E-state index contributed by atoms with van der Waals surface area (Å²) in [4.78, 5) is 14.6. The van der Waals surface area contributed by atoms with Gasteiger partial charge in [-0.1, -0.05) is 22.0 Å². The number of carbonyl (C=O) groups excluding carboxylic acids is 1. The minimum atomic E-state index is -0.0912. The molecule has 4 heteroatoms. The van der Waals surface area contributed by atoms with Gasteiger partial charge in [-0.05, 0) is 51.8 Å². The number of nitrogens with one attached hydrogen (secondary N) is 1. The van der Waals surface area contributed by atoms with Crippen LogP contribution in [-0.2, 0) is 4.79 Å². The molecule has 19 heavy (non-hydrogen) atoms. The van der Waals surface area contributed by atoms with E-state index in [4.69, 9.17) is 0 Å². The maximum Gasteiger partial charge on any atom is 0.241 e. The summed E-state index contributed by atoms with van der Waals surface area (Å²) in [6.07, 6.45) is 2.35. The molecule has 1 aliphatic rings. The normalized spacial score (nSPS) is 25.3. The van der Waals surface area contributed by atoms with Crippen molar-refractivity contribution in [2.24, 2.45) is 0 Å². The average molecular weight is 325 g/mol. The lowest BCUT2D eigenvalue weighted by Crippen LogP contribution is -2.46. The third-order valence-corrected chi connectivity index (χ3v) is 4.43. The summed E-state index contributed by atoms with van der Waals surface area (Å²) in [5.41, 5.74) is 0.839. The lowest BCUT2D eigenvalue weighted by molar-refractivity contribution is -0.121. The van der Waals surface area contributed by atoms with Gasteiger partial charge in [-0.25, -0.2) is 0 Å². The van der Waals surface area contributed by atoms with E-state index >= 15 is 0 Å². The number of benzene rings is 1. The molecule has 1 aromatic rings. The fraction of sp³-hybridized carbons (Fsp3) is 0.533. The molecule has 1 N–H and O–H groups in total. The van der Waals surface area contributed by atoms with Crippen LogP contribution < -0.4 is 5.32 Å². The average Bonchev–Trinajstić information content (AvgIpc) is 2.68. The number of carbonyl (C=O) groups is 1. The Labute approximate surface area is 123 Å². The predicted molar refractivity (Wildman–Crippen MR) is 82.2 cm³/mol. The highest BCUT2D eigenvalue weighted by Crippen LogP contribution is 2.26. The van der Waals surface area contributed by atoms with Gasteiger partial charge in [0.25, 0.3) is 0 Å². The lowest BCUT2D eigenvalue weighted by Gasteiger charge is -2.31. The summed E-state index contributed by atoms with van der Waals surface area (Å²) in [6, 6.07) is 8.58. The number of nitrogens with zero attached hydrogens (tertiary/aromatic N) is 1. The van der Waals surface area contributed by atoms with Crippen molar-refractivity contribution < 1.29 is 4.79 Å². The van der Waals surface area contributed by atoms with E-state index in [1.807, 2.05) is 31.2 Å². The molecule has 1 aromatic carbocycles. The molecule has 0 radical (unpaired) electrons. The van der Waals surface area contributed by atoms with Gasteiger partial charge in [-0.2, -0.15) is 0 Å². The van der Waals surface area contributed by atoms with Crippen molar-refractivity contribution in [3.63, 3.8) is 0 Å². The van der Waals surface area contributed by atoms with Crippen molar-refractivity contribution >= 4 is 27.5 Å². The quantitative estimate of drug-likeness (QED) is 0.920. The topological polar surface area (TPSA) is 32.3 Å². The van der Waals surface area contributed by atoms with Crippen molar-refractivity contribution in [1.82, 2.24) is 4.90 Å². The lowest BCUT2D eigenvalue weighted by atomic mass is 10.2. The van der Waals surface area contributed by atoms with Crippen LogP contribution in [0.2, 0.25) is 0 Å². The summed E-state index contributed by atoms with van der Waals surface area (Å²) >= 11 is 3.41. The highest BCUT2D eigenvalue weighted by molar-refractivity contribution is 9.10. The fourth-order valence-electron chi connectivity index (χ4n) is 2.93. The number of halogens is 1. The molecule has 1 saturated heterocycles. The number of likely N-dealkylation sites (tertiary alicyclic amines) is 1. The molecular formula is C15H21BrN2O. The van der Waals surface area contributed by atoms with E-state index in [0.29, 0.717) is 12.1 Å². The van der Waals surface area contributed by atoms with Crippen LogP contribution in [0, 0.1) is 0 Å². The molecule has 2 rings (SSSR count). The number of hydrogen-bond acceptors (Lipinski definition) is 2. The van der Waals surface area contributed by atoms with Crippen LogP contribution in [-0.4, -0.2) is 28.9 Å². The van der Waals surface area contributed by atoms with E-state index in [2.05, 4.69) is 40.0 Å². The monoisotopic (exact) mass is 324 g/mol. The van der Waals surface area contributed by atoms with E-state index in [1.165, 1.54) is 12.8 Å². The van der Waals surface area contributed by atoms with Gasteiger partial charge in [0.2, 0.25) is 5.91 Å². The maximum atomic E-state index is 12.3. The van der Waals surface area contributed by atoms with Crippen molar-refractivity contribution in [2.75, 3.05) is 5.32 Å². The van der Waals surface area contributed by atoms with E-state index < -0.39 is 0 Å². The Hall–Kier alpha value is -0.870. The summed E-state index contributed by atoms with van der Waals surface area (Å²) in [7, 11) is 0. The zero-order valence-electron chi connectivity index (χ0n) is 11.7. The standard InChI is InChI=1S/C15H21BrN2O/c1-10-7-8-11(2)18(10)12(3)15(19)17-14-6-4-5-13(16)9-14/h4-6,9-12H,7-8H2,1-3H3,(H,17,19). The molecule has 0 spiro atoms. The van der Waals surface area contributed by atoms with E-state index in [0.717, 1.165) is 10.2 Å². The van der Waals surface area contributed by atoms with Gasteiger partial charge in [-0.15, -0.1) is 0 Å². The molecule has 1 fully saturated rings. The molecule has 0 aromatic heterocycles. The van der Waals surface area contributed by atoms with Crippen LogP contribution in [0.15, 0.2) is 28.7 Å². The molecule has 1 heterocycles. The number of hydrogen-bond donors (Lipinski definition) is 1. The van der Waals surface area contributed by atoms with E-state index in [1.54, 1.807) is 0 Å². The summed E-state index contributed by atoms with van der Waals surface area (Å²) in [5, 5.41) is 2.99. The second-order valence-corrected chi connectivity index (χ2v) is 6.31. The highest BCUT2D eigenvalue weighted by Gasteiger charge is 2.34. The van der Waals surface area contributed by atoms with Gasteiger partial charge >= 0.3 is 0 Å². The highest BCUT2D eigenvalue weighted by atomic mass is 79.9. The fourth-order valence-corrected chi connectivity index (χ4v) is 3.33. The molecule has 0 bridgehead atoms. The SMILES string of the molecule is CC1CCC(C)N1C(C)C(=O)Nc1cccc(Br)c1. The van der Waals surface area contributed by atoms with Gasteiger partial charge < -0.3 is 5.32 Å². The molecule has 0 aliphatic carbocycles. The van der Waals surface area contributed by atoms with Crippen LogP contribution in [0.3, 0.4) is 0 Å². The minimum absolute atomic E-state index is 0.0682. The molecular weight excluding hydrogens is 304 g/mol. The molecule has 3 unspecified atom stereocenters. The van der Waals surface area contributed by atoms with Crippen molar-refractivity contribution in [3.8, 4) is 0 Å². The van der Waals surface area contributed by atoms with Gasteiger partial charge in [0.1, 0.15) is 0 Å². The Morgan fingerprint density at radius 1 is 1.37 bits per heavy atom. The third kappa shape index (κ3) is 3.37. The molecule has 104 valence electrons. The summed E-state index contributed by atoms with van der Waals surface area (Å²) in [6.45, 7) is 6.39. The van der Waals surface area contributed by atoms with Crippen LogP contribution >= 0.6 is 15.9 Å². The first kappa shape index (κ1) is 14.5. The van der Waals surface area contributed by atoms with Crippen LogP contribution in [0.1, 0.15) is 33.6 Å².